The fourth-order valence-corrected chi connectivity index (χ4v) is 3.62. The van der Waals surface area contributed by atoms with Gasteiger partial charge in [-0.25, -0.2) is 4.79 Å². The largest absolute Gasteiger partial charge is 0.445 e. The molecule has 35 heavy (non-hydrogen) atoms. The zero-order valence-corrected chi connectivity index (χ0v) is 21.5. The molecule has 0 atom stereocenters. The molecule has 0 aromatic heterocycles. The number of ether oxygens (including phenoxy) is 7. The minimum absolute atomic E-state index is 0.0389. The molecule has 2 aliphatic rings. The Bertz CT molecular complexity index is 703. The number of hydrogen-bond acceptors (Lipinski definition) is 8. The van der Waals surface area contributed by atoms with Crippen molar-refractivity contribution in [1.29, 1.82) is 0 Å². The summed E-state index contributed by atoms with van der Waals surface area (Å²) in [5.74, 6) is -0.776. The molecule has 0 radical (unpaired) electrons. The van der Waals surface area contributed by atoms with Crippen LogP contribution in [0.15, 0.2) is 30.3 Å². The zero-order chi connectivity index (χ0) is 25.2. The molecule has 3 rings (SSSR count). The lowest BCUT2D eigenvalue weighted by Gasteiger charge is -2.35. The summed E-state index contributed by atoms with van der Waals surface area (Å²) in [6.07, 6.45) is -0.466. The highest BCUT2D eigenvalue weighted by atomic mass is 16.7. The van der Waals surface area contributed by atoms with Crippen LogP contribution in [0, 0.1) is 17.8 Å². The molecule has 9 heteroatoms. The molecule has 2 heterocycles. The van der Waals surface area contributed by atoms with E-state index in [1.165, 1.54) is 0 Å². The summed E-state index contributed by atoms with van der Waals surface area (Å²) in [5, 5.41) is 2.83. The SMILES string of the molecule is CC1(C)OCC(COCC(CNC(=O)OCc2ccccc2)COCC2COC(C)(C)OC2)CO1. The van der Waals surface area contributed by atoms with Crippen LogP contribution in [-0.2, 0) is 39.8 Å². The Balaban J connectivity index is 1.39. The van der Waals surface area contributed by atoms with Crippen molar-refractivity contribution in [2.24, 2.45) is 17.8 Å². The average molecular weight is 496 g/mol. The van der Waals surface area contributed by atoms with Crippen molar-refractivity contribution >= 4 is 6.09 Å². The predicted octanol–water partition coefficient (Wildman–Crippen LogP) is 3.36. The second-order valence-corrected chi connectivity index (χ2v) is 10.2. The van der Waals surface area contributed by atoms with Gasteiger partial charge in [-0.05, 0) is 33.3 Å². The molecule has 0 unspecified atom stereocenters. The molecule has 0 saturated carbocycles. The molecule has 198 valence electrons. The Morgan fingerprint density at radius 2 is 1.37 bits per heavy atom. The van der Waals surface area contributed by atoms with E-state index in [4.69, 9.17) is 33.2 Å². The molecule has 0 bridgehead atoms. The molecule has 1 aromatic rings. The monoisotopic (exact) mass is 495 g/mol. The van der Waals surface area contributed by atoms with E-state index >= 15 is 0 Å². The summed E-state index contributed by atoms with van der Waals surface area (Å²) in [7, 11) is 0. The van der Waals surface area contributed by atoms with Gasteiger partial charge in [0, 0.05) is 24.3 Å². The molecule has 2 aliphatic heterocycles. The van der Waals surface area contributed by atoms with Crippen LogP contribution in [0.25, 0.3) is 0 Å². The zero-order valence-electron chi connectivity index (χ0n) is 21.5. The summed E-state index contributed by atoms with van der Waals surface area (Å²) in [6.45, 7) is 12.5. The van der Waals surface area contributed by atoms with Gasteiger partial charge in [-0.3, -0.25) is 0 Å². The van der Waals surface area contributed by atoms with Gasteiger partial charge in [0.15, 0.2) is 11.6 Å². The van der Waals surface area contributed by atoms with Crippen LogP contribution in [0.4, 0.5) is 4.79 Å². The van der Waals surface area contributed by atoms with E-state index in [0.29, 0.717) is 59.4 Å². The van der Waals surface area contributed by atoms with Gasteiger partial charge in [-0.2, -0.15) is 0 Å². The fourth-order valence-electron chi connectivity index (χ4n) is 3.62. The minimum Gasteiger partial charge on any atom is -0.445 e. The van der Waals surface area contributed by atoms with Crippen molar-refractivity contribution in [3.63, 3.8) is 0 Å². The Morgan fingerprint density at radius 1 is 0.886 bits per heavy atom. The lowest BCUT2D eigenvalue weighted by molar-refractivity contribution is -0.267. The molecule has 2 saturated heterocycles. The second-order valence-electron chi connectivity index (χ2n) is 10.2. The summed E-state index contributed by atoms with van der Waals surface area (Å²) >= 11 is 0. The molecular weight excluding hydrogens is 454 g/mol. The third-order valence-corrected chi connectivity index (χ3v) is 5.83. The van der Waals surface area contributed by atoms with Gasteiger partial charge in [-0.1, -0.05) is 30.3 Å². The maximum atomic E-state index is 12.2. The van der Waals surface area contributed by atoms with E-state index in [0.717, 1.165) is 5.56 Å². The van der Waals surface area contributed by atoms with Gasteiger partial charge >= 0.3 is 6.09 Å². The highest BCUT2D eigenvalue weighted by Crippen LogP contribution is 2.22. The summed E-state index contributed by atoms with van der Waals surface area (Å²) in [4.78, 5) is 12.2. The number of benzene rings is 1. The quantitative estimate of drug-likeness (QED) is 0.472. The van der Waals surface area contributed by atoms with E-state index in [1.807, 2.05) is 58.0 Å². The fraction of sp³-hybridized carbons (Fsp3) is 0.731. The lowest BCUT2D eigenvalue weighted by atomic mass is 10.1. The predicted molar refractivity (Wildman–Crippen MR) is 129 cm³/mol. The van der Waals surface area contributed by atoms with Crippen LogP contribution in [-0.4, -0.2) is 77.1 Å². The first-order chi connectivity index (χ1) is 16.7. The van der Waals surface area contributed by atoms with Crippen LogP contribution in [0.2, 0.25) is 0 Å². The maximum absolute atomic E-state index is 12.2. The van der Waals surface area contributed by atoms with Crippen LogP contribution in [0.1, 0.15) is 33.3 Å². The standard InChI is InChI=1S/C26H41NO8/c1-25(2)32-16-22(17-33-25)13-29-11-21(12-30-14-23-18-34-26(3,4)35-19-23)10-27-24(28)31-15-20-8-6-5-7-9-20/h5-9,21-23H,10-19H2,1-4H3,(H,27,28). The number of amides is 1. The first kappa shape index (κ1) is 27.8. The number of hydrogen-bond donors (Lipinski definition) is 1. The van der Waals surface area contributed by atoms with Gasteiger partial charge in [0.25, 0.3) is 0 Å². The van der Waals surface area contributed by atoms with E-state index in [2.05, 4.69) is 5.32 Å². The van der Waals surface area contributed by atoms with Crippen molar-refractivity contribution in [3.05, 3.63) is 35.9 Å². The van der Waals surface area contributed by atoms with Gasteiger partial charge in [0.05, 0.1) is 52.9 Å². The van der Waals surface area contributed by atoms with Crippen LogP contribution in [0.5, 0.6) is 0 Å². The van der Waals surface area contributed by atoms with E-state index < -0.39 is 17.7 Å². The number of alkyl carbamates (subject to hydrolysis) is 1. The molecular formula is C26H41NO8. The van der Waals surface area contributed by atoms with E-state index in [9.17, 15) is 4.79 Å². The first-order valence-electron chi connectivity index (χ1n) is 12.4. The summed E-state index contributed by atoms with van der Waals surface area (Å²) < 4.78 is 40.0. The van der Waals surface area contributed by atoms with E-state index in [1.54, 1.807) is 0 Å². The molecule has 0 spiro atoms. The van der Waals surface area contributed by atoms with Crippen molar-refractivity contribution in [3.8, 4) is 0 Å². The highest BCUT2D eigenvalue weighted by Gasteiger charge is 2.29. The van der Waals surface area contributed by atoms with Gasteiger partial charge < -0.3 is 38.5 Å². The molecule has 1 amide bonds. The molecule has 0 aliphatic carbocycles. The molecule has 1 aromatic carbocycles. The molecule has 9 nitrogen and oxygen atoms in total. The third-order valence-electron chi connectivity index (χ3n) is 5.83. The molecule has 1 N–H and O–H groups in total. The number of nitrogens with one attached hydrogen (secondary N) is 1. The van der Waals surface area contributed by atoms with E-state index in [-0.39, 0.29) is 24.4 Å². The summed E-state index contributed by atoms with van der Waals surface area (Å²) in [5.41, 5.74) is 0.936. The lowest BCUT2D eigenvalue weighted by Crippen LogP contribution is -2.42. The van der Waals surface area contributed by atoms with Crippen LogP contribution >= 0.6 is 0 Å². The van der Waals surface area contributed by atoms with Crippen LogP contribution < -0.4 is 5.32 Å². The number of rotatable bonds is 12. The number of carbonyl (C=O) groups excluding carboxylic acids is 1. The van der Waals surface area contributed by atoms with Crippen molar-refractivity contribution in [2.75, 3.05) is 59.4 Å². The van der Waals surface area contributed by atoms with Gasteiger partial charge in [-0.15, -0.1) is 0 Å². The van der Waals surface area contributed by atoms with Crippen molar-refractivity contribution in [1.82, 2.24) is 5.32 Å². The Hall–Kier alpha value is -1.75. The Labute approximate surface area is 208 Å². The highest BCUT2D eigenvalue weighted by molar-refractivity contribution is 5.67. The third kappa shape index (κ3) is 10.8. The Morgan fingerprint density at radius 3 is 1.86 bits per heavy atom. The Kier molecular flexibility index (Phi) is 10.8. The maximum Gasteiger partial charge on any atom is 0.407 e. The summed E-state index contributed by atoms with van der Waals surface area (Å²) in [6, 6.07) is 9.57. The minimum atomic E-state index is -0.543. The van der Waals surface area contributed by atoms with Crippen LogP contribution in [0.3, 0.4) is 0 Å². The molecule has 2 fully saturated rings. The van der Waals surface area contributed by atoms with Crippen molar-refractivity contribution < 1.29 is 38.0 Å². The van der Waals surface area contributed by atoms with Crippen molar-refractivity contribution in [2.45, 2.75) is 45.9 Å². The topological polar surface area (TPSA) is 93.7 Å². The van der Waals surface area contributed by atoms with Gasteiger partial charge in [0.1, 0.15) is 6.61 Å². The first-order valence-corrected chi connectivity index (χ1v) is 12.4. The smallest absolute Gasteiger partial charge is 0.407 e. The average Bonchev–Trinajstić information content (AvgIpc) is 2.83. The van der Waals surface area contributed by atoms with Gasteiger partial charge in [0.2, 0.25) is 0 Å². The normalized spacial score (nSPS) is 20.6. The number of carbonyl (C=O) groups is 1. The second kappa shape index (κ2) is 13.5.